The molecule has 1 N–H and O–H groups in total. The van der Waals surface area contributed by atoms with Gasteiger partial charge in [0.05, 0.1) is 12.1 Å². The van der Waals surface area contributed by atoms with E-state index in [2.05, 4.69) is 0 Å². The normalized spacial score (nSPS) is 14.4. The second kappa shape index (κ2) is 5.32. The fraction of sp³-hybridized carbons (Fsp3) is 0.900. The molecule has 0 rings (SSSR count). The molecular weight excluding hydrogens is 182 g/mol. The Balaban J connectivity index is 4.06. The summed E-state index contributed by atoms with van der Waals surface area (Å²) in [5.41, 5.74) is -0.202. The Labute approximate surface area is 85.9 Å². The van der Waals surface area contributed by atoms with Crippen molar-refractivity contribution in [2.24, 2.45) is 0 Å². The number of carboxylic acid groups (broad SMARTS) is 1. The van der Waals surface area contributed by atoms with Crippen LogP contribution in [0.15, 0.2) is 0 Å². The number of rotatable bonds is 6. The van der Waals surface area contributed by atoms with Gasteiger partial charge in [-0.1, -0.05) is 0 Å². The van der Waals surface area contributed by atoms with Gasteiger partial charge in [0.2, 0.25) is 0 Å². The van der Waals surface area contributed by atoms with E-state index in [1.54, 1.807) is 7.11 Å². The summed E-state index contributed by atoms with van der Waals surface area (Å²) in [4.78, 5) is 12.3. The lowest BCUT2D eigenvalue weighted by Crippen LogP contribution is -2.39. The minimum atomic E-state index is -0.797. The smallest absolute Gasteiger partial charge is 0.317 e. The van der Waals surface area contributed by atoms with E-state index in [4.69, 9.17) is 9.84 Å². The average Bonchev–Trinajstić information content (AvgIpc) is 2.02. The van der Waals surface area contributed by atoms with Crippen molar-refractivity contribution in [1.82, 2.24) is 4.90 Å². The summed E-state index contributed by atoms with van der Waals surface area (Å²) in [7, 11) is 3.48. The summed E-state index contributed by atoms with van der Waals surface area (Å²) in [6, 6.07) is 0.195. The van der Waals surface area contributed by atoms with E-state index in [9.17, 15) is 4.79 Å². The average molecular weight is 203 g/mol. The lowest BCUT2D eigenvalue weighted by atomic mass is 9.99. The molecule has 0 fully saturated rings. The number of methoxy groups -OCH3 is 1. The van der Waals surface area contributed by atoms with Gasteiger partial charge in [0.25, 0.3) is 0 Å². The van der Waals surface area contributed by atoms with Crippen LogP contribution in [-0.2, 0) is 9.53 Å². The number of likely N-dealkylation sites (N-methyl/N-ethyl adjacent to an activating group) is 1. The second-order valence-electron chi connectivity index (χ2n) is 4.33. The SMILES string of the molecule is COC(C)(C)CC(C)N(C)CC(=O)O. The first-order valence-electron chi connectivity index (χ1n) is 4.75. The summed E-state index contributed by atoms with van der Waals surface area (Å²) >= 11 is 0. The van der Waals surface area contributed by atoms with E-state index >= 15 is 0 Å². The maximum atomic E-state index is 10.5. The molecule has 0 spiro atoms. The van der Waals surface area contributed by atoms with Crippen LogP contribution in [0.1, 0.15) is 27.2 Å². The fourth-order valence-electron chi connectivity index (χ4n) is 1.32. The van der Waals surface area contributed by atoms with Crippen LogP contribution in [-0.4, -0.2) is 48.3 Å². The summed E-state index contributed by atoms with van der Waals surface area (Å²) in [5.74, 6) is -0.797. The summed E-state index contributed by atoms with van der Waals surface area (Å²) in [6.07, 6.45) is 0.813. The van der Waals surface area contributed by atoms with Gasteiger partial charge >= 0.3 is 5.97 Å². The Morgan fingerprint density at radius 2 is 2.07 bits per heavy atom. The Kier molecular flexibility index (Phi) is 5.08. The van der Waals surface area contributed by atoms with E-state index < -0.39 is 5.97 Å². The number of carboxylic acids is 1. The maximum Gasteiger partial charge on any atom is 0.317 e. The van der Waals surface area contributed by atoms with Gasteiger partial charge in [-0.15, -0.1) is 0 Å². The van der Waals surface area contributed by atoms with Crippen molar-refractivity contribution in [2.75, 3.05) is 20.7 Å². The van der Waals surface area contributed by atoms with E-state index in [1.165, 1.54) is 0 Å². The second-order valence-corrected chi connectivity index (χ2v) is 4.33. The van der Waals surface area contributed by atoms with Gasteiger partial charge in [-0.3, -0.25) is 9.69 Å². The highest BCUT2D eigenvalue weighted by molar-refractivity contribution is 5.69. The van der Waals surface area contributed by atoms with Gasteiger partial charge in [-0.05, 0) is 34.2 Å². The van der Waals surface area contributed by atoms with Crippen LogP contribution in [0.2, 0.25) is 0 Å². The molecule has 84 valence electrons. The zero-order valence-electron chi connectivity index (χ0n) is 9.70. The maximum absolute atomic E-state index is 10.5. The minimum Gasteiger partial charge on any atom is -0.480 e. The number of hydrogen-bond acceptors (Lipinski definition) is 3. The molecule has 4 nitrogen and oxygen atoms in total. The third-order valence-electron chi connectivity index (χ3n) is 2.48. The number of ether oxygens (including phenoxy) is 1. The Morgan fingerprint density at radius 1 is 1.57 bits per heavy atom. The fourth-order valence-corrected chi connectivity index (χ4v) is 1.32. The molecule has 0 saturated heterocycles. The lowest BCUT2D eigenvalue weighted by Gasteiger charge is -2.31. The highest BCUT2D eigenvalue weighted by Crippen LogP contribution is 2.17. The van der Waals surface area contributed by atoms with Gasteiger partial charge in [0.15, 0.2) is 0 Å². The number of hydrogen-bond donors (Lipinski definition) is 1. The largest absolute Gasteiger partial charge is 0.480 e. The lowest BCUT2D eigenvalue weighted by molar-refractivity contribution is -0.138. The van der Waals surface area contributed by atoms with Gasteiger partial charge in [-0.2, -0.15) is 0 Å². The molecule has 1 atom stereocenters. The number of aliphatic carboxylic acids is 1. The minimum absolute atomic E-state index is 0.0704. The highest BCUT2D eigenvalue weighted by atomic mass is 16.5. The molecule has 0 bridgehead atoms. The van der Waals surface area contributed by atoms with Crippen molar-refractivity contribution in [3.05, 3.63) is 0 Å². The summed E-state index contributed by atoms with van der Waals surface area (Å²) < 4.78 is 5.29. The van der Waals surface area contributed by atoms with Gasteiger partial charge in [-0.25, -0.2) is 0 Å². The van der Waals surface area contributed by atoms with Crippen LogP contribution < -0.4 is 0 Å². The Hall–Kier alpha value is -0.610. The van der Waals surface area contributed by atoms with Crippen LogP contribution in [0.4, 0.5) is 0 Å². The zero-order chi connectivity index (χ0) is 11.4. The molecule has 0 aliphatic rings. The molecule has 0 aromatic heterocycles. The standard InChI is InChI=1S/C10H21NO3/c1-8(6-10(2,3)14-5)11(4)7-9(12)13/h8H,6-7H2,1-5H3,(H,12,13). The highest BCUT2D eigenvalue weighted by Gasteiger charge is 2.23. The van der Waals surface area contributed by atoms with Crippen LogP contribution >= 0.6 is 0 Å². The predicted molar refractivity (Wildman–Crippen MR) is 55.4 cm³/mol. The van der Waals surface area contributed by atoms with E-state index in [0.29, 0.717) is 0 Å². The van der Waals surface area contributed by atoms with Crippen LogP contribution in [0.5, 0.6) is 0 Å². The molecule has 4 heteroatoms. The van der Waals surface area contributed by atoms with Crippen LogP contribution in [0.25, 0.3) is 0 Å². The van der Waals surface area contributed by atoms with Crippen molar-refractivity contribution >= 4 is 5.97 Å². The molecule has 0 aliphatic heterocycles. The molecule has 0 radical (unpaired) electrons. The van der Waals surface area contributed by atoms with E-state index in [0.717, 1.165) is 6.42 Å². The Morgan fingerprint density at radius 3 is 2.43 bits per heavy atom. The molecule has 14 heavy (non-hydrogen) atoms. The van der Waals surface area contributed by atoms with Crippen molar-refractivity contribution in [3.8, 4) is 0 Å². The van der Waals surface area contributed by atoms with Gasteiger partial charge < -0.3 is 9.84 Å². The summed E-state index contributed by atoms with van der Waals surface area (Å²) in [5, 5.41) is 8.62. The van der Waals surface area contributed by atoms with Gasteiger partial charge in [0, 0.05) is 13.2 Å². The molecule has 0 heterocycles. The zero-order valence-corrected chi connectivity index (χ0v) is 9.70. The molecule has 0 amide bonds. The van der Waals surface area contributed by atoms with Crippen molar-refractivity contribution < 1.29 is 14.6 Å². The van der Waals surface area contributed by atoms with E-state index in [-0.39, 0.29) is 18.2 Å². The summed E-state index contributed by atoms with van der Waals surface area (Å²) in [6.45, 7) is 6.07. The number of nitrogens with zero attached hydrogens (tertiary/aromatic N) is 1. The first kappa shape index (κ1) is 13.4. The van der Waals surface area contributed by atoms with E-state index in [1.807, 2.05) is 32.7 Å². The molecule has 0 aromatic rings. The first-order valence-corrected chi connectivity index (χ1v) is 4.75. The van der Waals surface area contributed by atoms with Crippen molar-refractivity contribution in [2.45, 2.75) is 38.8 Å². The van der Waals surface area contributed by atoms with Gasteiger partial charge in [0.1, 0.15) is 0 Å². The van der Waals surface area contributed by atoms with Crippen LogP contribution in [0, 0.1) is 0 Å². The molecule has 0 saturated carbocycles. The molecule has 0 aromatic carbocycles. The molecular formula is C10H21NO3. The van der Waals surface area contributed by atoms with Crippen molar-refractivity contribution in [3.63, 3.8) is 0 Å². The third-order valence-corrected chi connectivity index (χ3v) is 2.48. The quantitative estimate of drug-likeness (QED) is 0.705. The van der Waals surface area contributed by atoms with Crippen molar-refractivity contribution in [1.29, 1.82) is 0 Å². The first-order chi connectivity index (χ1) is 6.28. The molecule has 1 unspecified atom stereocenters. The molecule has 0 aliphatic carbocycles. The Bertz CT molecular complexity index is 192. The topological polar surface area (TPSA) is 49.8 Å². The number of carbonyl (C=O) groups is 1. The monoisotopic (exact) mass is 203 g/mol. The van der Waals surface area contributed by atoms with Crippen LogP contribution in [0.3, 0.4) is 0 Å². The predicted octanol–water partition coefficient (Wildman–Crippen LogP) is 1.21. The third kappa shape index (κ3) is 5.19.